The van der Waals surface area contributed by atoms with Crippen LogP contribution in [0.4, 0.5) is 10.5 Å². The molecule has 2 aromatic rings. The first-order chi connectivity index (χ1) is 16.0. The number of hydrogen-bond donors (Lipinski definition) is 2. The molecule has 2 N–H and O–H groups in total. The maximum atomic E-state index is 12.3. The highest BCUT2D eigenvalue weighted by atomic mass is 16.3. The van der Waals surface area contributed by atoms with Crippen molar-refractivity contribution in [1.82, 2.24) is 19.8 Å². The number of urea groups is 1. The van der Waals surface area contributed by atoms with Gasteiger partial charge in [-0.2, -0.15) is 5.10 Å². The number of likely N-dealkylation sites (tertiary alicyclic amines) is 1. The Labute approximate surface area is 194 Å². The van der Waals surface area contributed by atoms with Crippen LogP contribution in [0.5, 0.6) is 0 Å². The number of aliphatic hydroxyl groups is 1. The number of amides is 3. The van der Waals surface area contributed by atoms with Gasteiger partial charge in [-0.3, -0.25) is 15.0 Å². The van der Waals surface area contributed by atoms with Crippen molar-refractivity contribution in [1.29, 1.82) is 0 Å². The Bertz CT molecular complexity index is 1010. The van der Waals surface area contributed by atoms with Crippen LogP contribution in [0.2, 0.25) is 0 Å². The Balaban J connectivity index is 1.22. The fourth-order valence-corrected chi connectivity index (χ4v) is 5.91. The molecule has 0 bridgehead atoms. The van der Waals surface area contributed by atoms with Gasteiger partial charge >= 0.3 is 6.03 Å². The number of pyridine rings is 1. The molecular weight excluding hydrogens is 418 g/mol. The molecule has 1 saturated carbocycles. The topological polar surface area (TPSA) is 90.2 Å². The number of carbonyl (C=O) groups excluding carboxylic acids is 2. The molecule has 8 nitrogen and oxygen atoms in total. The van der Waals surface area contributed by atoms with E-state index in [9.17, 15) is 14.7 Å². The van der Waals surface area contributed by atoms with Crippen molar-refractivity contribution < 1.29 is 14.7 Å². The Morgan fingerprint density at radius 2 is 1.94 bits per heavy atom. The summed E-state index contributed by atoms with van der Waals surface area (Å²) in [6.45, 7) is 5.06. The largest absolute Gasteiger partial charge is 0.393 e. The number of aliphatic hydroxyl groups excluding tert-OH is 1. The number of carbonyl (C=O) groups is 2. The van der Waals surface area contributed by atoms with E-state index >= 15 is 0 Å². The summed E-state index contributed by atoms with van der Waals surface area (Å²) >= 11 is 0. The number of aromatic nitrogens is 2. The lowest BCUT2D eigenvalue weighted by Crippen LogP contribution is -2.49. The minimum Gasteiger partial charge on any atom is -0.393 e. The van der Waals surface area contributed by atoms with Crippen LogP contribution in [-0.4, -0.2) is 63.3 Å². The maximum absolute atomic E-state index is 12.3. The van der Waals surface area contributed by atoms with Gasteiger partial charge in [0.2, 0.25) is 5.91 Å². The zero-order valence-corrected chi connectivity index (χ0v) is 19.4. The third-order valence-electron chi connectivity index (χ3n) is 7.87. The van der Waals surface area contributed by atoms with Gasteiger partial charge in [-0.05, 0) is 87.9 Å². The molecule has 0 aromatic carbocycles. The number of nitrogens with one attached hydrogen (secondary N) is 1. The van der Waals surface area contributed by atoms with Crippen LogP contribution in [0.25, 0.3) is 5.52 Å². The van der Waals surface area contributed by atoms with Crippen LogP contribution in [0.1, 0.15) is 57.4 Å². The molecule has 4 heterocycles. The highest BCUT2D eigenvalue weighted by Gasteiger charge is 2.30. The Kier molecular flexibility index (Phi) is 6.38. The van der Waals surface area contributed by atoms with Gasteiger partial charge in [0.1, 0.15) is 0 Å². The van der Waals surface area contributed by atoms with Gasteiger partial charge in [-0.1, -0.05) is 0 Å². The molecule has 5 rings (SSSR count). The second-order valence-electron chi connectivity index (χ2n) is 10.3. The third-order valence-corrected chi connectivity index (χ3v) is 7.87. The van der Waals surface area contributed by atoms with E-state index in [4.69, 9.17) is 0 Å². The monoisotopic (exact) mass is 453 g/mol. The molecule has 3 fully saturated rings. The summed E-state index contributed by atoms with van der Waals surface area (Å²) < 4.78 is 1.80. The van der Waals surface area contributed by atoms with Gasteiger partial charge in [0.15, 0.2) is 0 Å². The van der Waals surface area contributed by atoms with E-state index in [2.05, 4.69) is 34.4 Å². The van der Waals surface area contributed by atoms with Gasteiger partial charge in [0.05, 0.1) is 23.5 Å². The average molecular weight is 454 g/mol. The Morgan fingerprint density at radius 1 is 1.12 bits per heavy atom. The minimum absolute atomic E-state index is 0.0788. The summed E-state index contributed by atoms with van der Waals surface area (Å²) in [6.07, 6.45) is 11.6. The van der Waals surface area contributed by atoms with Crippen LogP contribution in [0.3, 0.4) is 0 Å². The number of anilines is 1. The summed E-state index contributed by atoms with van der Waals surface area (Å²) in [6, 6.07) is 4.49. The number of hydrogen-bond acceptors (Lipinski definition) is 5. The molecule has 3 amide bonds. The van der Waals surface area contributed by atoms with Crippen molar-refractivity contribution in [2.75, 3.05) is 24.5 Å². The van der Waals surface area contributed by atoms with Gasteiger partial charge < -0.3 is 10.0 Å². The van der Waals surface area contributed by atoms with E-state index in [0.717, 1.165) is 55.8 Å². The molecule has 1 aliphatic carbocycles. The fourth-order valence-electron chi connectivity index (χ4n) is 5.91. The lowest BCUT2D eigenvalue weighted by atomic mass is 9.83. The van der Waals surface area contributed by atoms with Gasteiger partial charge in [0, 0.05) is 31.7 Å². The second-order valence-corrected chi connectivity index (χ2v) is 10.3. The van der Waals surface area contributed by atoms with E-state index in [-0.39, 0.29) is 18.0 Å². The van der Waals surface area contributed by atoms with E-state index in [1.54, 1.807) is 15.6 Å². The predicted molar refractivity (Wildman–Crippen MR) is 126 cm³/mol. The molecule has 3 aliphatic rings. The zero-order chi connectivity index (χ0) is 22.9. The Hall–Kier alpha value is -2.45. The summed E-state index contributed by atoms with van der Waals surface area (Å²) in [7, 11) is 0. The summed E-state index contributed by atoms with van der Waals surface area (Å²) in [5.74, 6) is 1.15. The molecule has 2 aromatic heterocycles. The number of fused-ring (bicyclic) bond motifs is 1. The highest BCUT2D eigenvalue weighted by Crippen LogP contribution is 2.31. The summed E-state index contributed by atoms with van der Waals surface area (Å²) in [4.78, 5) is 28.1. The summed E-state index contributed by atoms with van der Waals surface area (Å²) in [5.41, 5.74) is 2.93. The average Bonchev–Trinajstić information content (AvgIpc) is 3.20. The summed E-state index contributed by atoms with van der Waals surface area (Å²) in [5, 5.41) is 16.6. The van der Waals surface area contributed by atoms with Crippen molar-refractivity contribution in [3.8, 4) is 0 Å². The number of nitrogens with zero attached hydrogens (tertiary/aromatic N) is 4. The molecule has 0 spiro atoms. The van der Waals surface area contributed by atoms with Crippen molar-refractivity contribution in [2.45, 2.75) is 70.4 Å². The van der Waals surface area contributed by atoms with Crippen LogP contribution in [0, 0.1) is 11.8 Å². The van der Waals surface area contributed by atoms with E-state index in [1.807, 2.05) is 6.20 Å². The van der Waals surface area contributed by atoms with Gasteiger partial charge in [-0.25, -0.2) is 9.31 Å². The van der Waals surface area contributed by atoms with E-state index in [1.165, 1.54) is 24.9 Å². The maximum Gasteiger partial charge on any atom is 0.328 e. The van der Waals surface area contributed by atoms with Crippen molar-refractivity contribution in [2.24, 2.45) is 11.8 Å². The highest BCUT2D eigenvalue weighted by molar-refractivity contribution is 6.07. The first-order valence-electron chi connectivity index (χ1n) is 12.5. The normalized spacial score (nSPS) is 29.5. The van der Waals surface area contributed by atoms with Crippen LogP contribution < -0.4 is 10.2 Å². The SMILES string of the molecule is C[C@H]1CC(Cc2ccn3ncc(N4CCC(=O)NC4=O)c3c2)CCN1CC1CCC(O)CC1. The zero-order valence-electron chi connectivity index (χ0n) is 19.4. The standard InChI is InChI=1S/C25H35N5O3/c1-17-12-19(6-9-28(17)16-18-2-4-21(31)5-3-18)13-20-7-11-30-22(14-20)23(15-26-30)29-10-8-24(32)27-25(29)33/h7,11,14-15,17-19,21,31H,2-6,8-10,12-13,16H2,1H3,(H,27,32,33)/t17-,18?,19?,21?/m0/s1. The lowest BCUT2D eigenvalue weighted by molar-refractivity contribution is -0.120. The fraction of sp³-hybridized carbons (Fsp3) is 0.640. The van der Waals surface area contributed by atoms with Crippen molar-refractivity contribution in [3.05, 3.63) is 30.1 Å². The molecule has 1 unspecified atom stereocenters. The number of rotatable bonds is 5. The smallest absolute Gasteiger partial charge is 0.328 e. The quantitative estimate of drug-likeness (QED) is 0.727. The second kappa shape index (κ2) is 9.43. The van der Waals surface area contributed by atoms with Crippen LogP contribution in [-0.2, 0) is 11.2 Å². The molecule has 2 aliphatic heterocycles. The number of piperidine rings is 1. The molecule has 178 valence electrons. The van der Waals surface area contributed by atoms with Gasteiger partial charge in [-0.15, -0.1) is 0 Å². The molecule has 2 atom stereocenters. The predicted octanol–water partition coefficient (Wildman–Crippen LogP) is 2.97. The van der Waals surface area contributed by atoms with Gasteiger partial charge in [0.25, 0.3) is 0 Å². The molecule has 33 heavy (non-hydrogen) atoms. The van der Waals surface area contributed by atoms with E-state index in [0.29, 0.717) is 24.9 Å². The lowest BCUT2D eigenvalue weighted by Gasteiger charge is -2.40. The molecule has 8 heteroatoms. The third kappa shape index (κ3) is 4.92. The van der Waals surface area contributed by atoms with Crippen molar-refractivity contribution >= 4 is 23.1 Å². The number of imide groups is 1. The van der Waals surface area contributed by atoms with E-state index < -0.39 is 0 Å². The van der Waals surface area contributed by atoms with Crippen LogP contribution in [0.15, 0.2) is 24.5 Å². The minimum atomic E-state index is -0.375. The molecule has 0 radical (unpaired) electrons. The first-order valence-corrected chi connectivity index (χ1v) is 12.5. The Morgan fingerprint density at radius 3 is 2.70 bits per heavy atom. The molecular formula is C25H35N5O3. The van der Waals surface area contributed by atoms with Crippen LogP contribution >= 0.6 is 0 Å². The first kappa shape index (κ1) is 22.3. The van der Waals surface area contributed by atoms with Crippen molar-refractivity contribution in [3.63, 3.8) is 0 Å². The molecule has 2 saturated heterocycles.